The Morgan fingerprint density at radius 3 is 2.50 bits per heavy atom. The smallest absolute Gasteiger partial charge is 0.0812 e. The van der Waals surface area contributed by atoms with E-state index in [0.717, 1.165) is 25.7 Å². The lowest BCUT2D eigenvalue weighted by Gasteiger charge is -2.20. The monoisotopic (exact) mass is 142 g/mol. The minimum atomic E-state index is 0.614. The first-order chi connectivity index (χ1) is 4.95. The fourth-order valence-electron chi connectivity index (χ4n) is 1.56. The second-order valence-electron chi connectivity index (χ2n) is 3.25. The standard InChI is InChI=1S/C8H14O2/c1-3-9-4-2-7(1)5-8-6-10-8/h7-8H,1-6H2/t8-/m1/s1. The predicted molar refractivity (Wildman–Crippen MR) is 37.9 cm³/mol. The molecule has 0 spiro atoms. The van der Waals surface area contributed by atoms with E-state index in [9.17, 15) is 0 Å². The first kappa shape index (κ1) is 6.62. The molecule has 0 bridgehead atoms. The molecule has 0 amide bonds. The summed E-state index contributed by atoms with van der Waals surface area (Å²) in [5.41, 5.74) is 0. The summed E-state index contributed by atoms with van der Waals surface area (Å²) in [6, 6.07) is 0. The summed E-state index contributed by atoms with van der Waals surface area (Å²) < 4.78 is 10.4. The second-order valence-corrected chi connectivity index (χ2v) is 3.25. The van der Waals surface area contributed by atoms with Gasteiger partial charge in [-0.25, -0.2) is 0 Å². The lowest BCUT2D eigenvalue weighted by Crippen LogP contribution is -2.16. The minimum absolute atomic E-state index is 0.614. The van der Waals surface area contributed by atoms with E-state index in [2.05, 4.69) is 0 Å². The fraction of sp³-hybridized carbons (Fsp3) is 1.00. The number of rotatable bonds is 2. The van der Waals surface area contributed by atoms with Crippen molar-refractivity contribution in [2.75, 3.05) is 19.8 Å². The Morgan fingerprint density at radius 1 is 1.20 bits per heavy atom. The van der Waals surface area contributed by atoms with Gasteiger partial charge in [0.25, 0.3) is 0 Å². The molecule has 0 radical (unpaired) electrons. The summed E-state index contributed by atoms with van der Waals surface area (Å²) in [6.45, 7) is 2.95. The van der Waals surface area contributed by atoms with Gasteiger partial charge in [-0.3, -0.25) is 0 Å². The molecular weight excluding hydrogens is 128 g/mol. The van der Waals surface area contributed by atoms with Gasteiger partial charge in [-0.1, -0.05) is 0 Å². The highest BCUT2D eigenvalue weighted by molar-refractivity contribution is 4.75. The van der Waals surface area contributed by atoms with Gasteiger partial charge in [0.15, 0.2) is 0 Å². The summed E-state index contributed by atoms with van der Waals surface area (Å²) in [6.07, 6.45) is 4.39. The van der Waals surface area contributed by atoms with E-state index in [1.54, 1.807) is 0 Å². The molecule has 58 valence electrons. The van der Waals surface area contributed by atoms with E-state index in [4.69, 9.17) is 9.47 Å². The highest BCUT2D eigenvalue weighted by atomic mass is 16.6. The zero-order valence-electron chi connectivity index (χ0n) is 6.21. The van der Waals surface area contributed by atoms with E-state index < -0.39 is 0 Å². The molecule has 2 aliphatic heterocycles. The van der Waals surface area contributed by atoms with Crippen molar-refractivity contribution < 1.29 is 9.47 Å². The van der Waals surface area contributed by atoms with Gasteiger partial charge in [0.1, 0.15) is 0 Å². The SMILES string of the molecule is C1CC(C[C@@H]2CO2)CCO1. The van der Waals surface area contributed by atoms with Crippen LogP contribution in [0.25, 0.3) is 0 Å². The minimum Gasteiger partial charge on any atom is -0.381 e. The molecule has 2 heteroatoms. The average molecular weight is 142 g/mol. The van der Waals surface area contributed by atoms with Gasteiger partial charge in [0, 0.05) is 13.2 Å². The number of epoxide rings is 1. The van der Waals surface area contributed by atoms with E-state index in [-0.39, 0.29) is 0 Å². The summed E-state index contributed by atoms with van der Waals surface area (Å²) in [5.74, 6) is 0.890. The van der Waals surface area contributed by atoms with Crippen LogP contribution in [0.15, 0.2) is 0 Å². The molecule has 0 aliphatic carbocycles. The molecular formula is C8H14O2. The zero-order valence-corrected chi connectivity index (χ0v) is 6.21. The van der Waals surface area contributed by atoms with Crippen LogP contribution in [0.4, 0.5) is 0 Å². The molecule has 0 aromatic rings. The molecule has 0 unspecified atom stereocenters. The number of ether oxygens (including phenoxy) is 2. The third-order valence-corrected chi connectivity index (χ3v) is 2.34. The molecule has 2 fully saturated rings. The van der Waals surface area contributed by atoms with Crippen LogP contribution in [0.5, 0.6) is 0 Å². The van der Waals surface area contributed by atoms with Crippen molar-refractivity contribution >= 4 is 0 Å². The van der Waals surface area contributed by atoms with Gasteiger partial charge in [0.2, 0.25) is 0 Å². The van der Waals surface area contributed by atoms with Crippen molar-refractivity contribution in [1.29, 1.82) is 0 Å². The summed E-state index contributed by atoms with van der Waals surface area (Å²) >= 11 is 0. The van der Waals surface area contributed by atoms with E-state index in [1.165, 1.54) is 19.3 Å². The molecule has 2 rings (SSSR count). The molecule has 2 nitrogen and oxygen atoms in total. The van der Waals surface area contributed by atoms with E-state index in [1.807, 2.05) is 0 Å². The first-order valence-corrected chi connectivity index (χ1v) is 4.14. The number of hydrogen-bond donors (Lipinski definition) is 0. The summed E-state index contributed by atoms with van der Waals surface area (Å²) in [5, 5.41) is 0. The third-order valence-electron chi connectivity index (χ3n) is 2.34. The van der Waals surface area contributed by atoms with Crippen molar-refractivity contribution in [3.8, 4) is 0 Å². The highest BCUT2D eigenvalue weighted by Gasteiger charge is 2.27. The van der Waals surface area contributed by atoms with Gasteiger partial charge in [-0.15, -0.1) is 0 Å². The van der Waals surface area contributed by atoms with Crippen molar-refractivity contribution in [1.82, 2.24) is 0 Å². The maximum Gasteiger partial charge on any atom is 0.0812 e. The zero-order chi connectivity index (χ0) is 6.81. The Morgan fingerprint density at radius 2 is 1.90 bits per heavy atom. The molecule has 2 aliphatic rings. The Bertz CT molecular complexity index is 104. The van der Waals surface area contributed by atoms with Gasteiger partial charge in [-0.2, -0.15) is 0 Å². The lowest BCUT2D eigenvalue weighted by atomic mass is 9.95. The van der Waals surface area contributed by atoms with Crippen molar-refractivity contribution in [2.24, 2.45) is 5.92 Å². The summed E-state index contributed by atoms with van der Waals surface area (Å²) in [7, 11) is 0. The second kappa shape index (κ2) is 2.89. The Labute approximate surface area is 61.5 Å². The van der Waals surface area contributed by atoms with Crippen molar-refractivity contribution in [3.05, 3.63) is 0 Å². The van der Waals surface area contributed by atoms with E-state index in [0.29, 0.717) is 6.10 Å². The van der Waals surface area contributed by atoms with Crippen molar-refractivity contribution in [3.63, 3.8) is 0 Å². The molecule has 0 saturated carbocycles. The van der Waals surface area contributed by atoms with Crippen LogP contribution in [0.2, 0.25) is 0 Å². The van der Waals surface area contributed by atoms with Crippen LogP contribution < -0.4 is 0 Å². The van der Waals surface area contributed by atoms with Crippen LogP contribution in [0, 0.1) is 5.92 Å². The third kappa shape index (κ3) is 1.70. The normalized spacial score (nSPS) is 34.2. The highest BCUT2D eigenvalue weighted by Crippen LogP contribution is 2.26. The van der Waals surface area contributed by atoms with Crippen LogP contribution in [0.3, 0.4) is 0 Å². The molecule has 0 aromatic heterocycles. The van der Waals surface area contributed by atoms with Gasteiger partial charge in [-0.05, 0) is 25.2 Å². The van der Waals surface area contributed by atoms with Crippen LogP contribution >= 0.6 is 0 Å². The fourth-order valence-corrected chi connectivity index (χ4v) is 1.56. The summed E-state index contributed by atoms with van der Waals surface area (Å²) in [4.78, 5) is 0. The largest absolute Gasteiger partial charge is 0.381 e. The Kier molecular flexibility index (Phi) is 1.91. The molecule has 2 saturated heterocycles. The maximum absolute atomic E-state index is 5.26. The topological polar surface area (TPSA) is 21.8 Å². The van der Waals surface area contributed by atoms with Crippen LogP contribution in [0.1, 0.15) is 19.3 Å². The maximum atomic E-state index is 5.26. The average Bonchev–Trinajstić information content (AvgIpc) is 2.74. The molecule has 0 N–H and O–H groups in total. The van der Waals surface area contributed by atoms with Crippen molar-refractivity contribution in [2.45, 2.75) is 25.4 Å². The van der Waals surface area contributed by atoms with Crippen LogP contribution in [-0.2, 0) is 9.47 Å². The first-order valence-electron chi connectivity index (χ1n) is 4.14. The van der Waals surface area contributed by atoms with Gasteiger partial charge < -0.3 is 9.47 Å². The quantitative estimate of drug-likeness (QED) is 0.540. The Balaban J connectivity index is 1.69. The van der Waals surface area contributed by atoms with Gasteiger partial charge in [0.05, 0.1) is 12.7 Å². The van der Waals surface area contributed by atoms with Crippen LogP contribution in [-0.4, -0.2) is 25.9 Å². The Hall–Kier alpha value is -0.0800. The molecule has 0 aromatic carbocycles. The predicted octanol–water partition coefficient (Wildman–Crippen LogP) is 1.20. The molecule has 10 heavy (non-hydrogen) atoms. The molecule has 2 heterocycles. The number of hydrogen-bond acceptors (Lipinski definition) is 2. The van der Waals surface area contributed by atoms with Gasteiger partial charge >= 0.3 is 0 Å². The lowest BCUT2D eigenvalue weighted by molar-refractivity contribution is 0.0615. The molecule has 1 atom stereocenters. The van der Waals surface area contributed by atoms with E-state index >= 15 is 0 Å².